The molecule has 0 radical (unpaired) electrons. The van der Waals surface area contributed by atoms with Crippen molar-refractivity contribution in [2.45, 2.75) is 44.1 Å². The highest BCUT2D eigenvalue weighted by Crippen LogP contribution is 2.56. The van der Waals surface area contributed by atoms with Crippen LogP contribution in [0.3, 0.4) is 0 Å². The molecule has 4 saturated carbocycles. The van der Waals surface area contributed by atoms with Crippen molar-refractivity contribution in [3.05, 3.63) is 0 Å². The SMILES string of the molecule is O=C(O)COC12CC3CC(CC(C3)C1)C2. The smallest absolute Gasteiger partial charge is 0.329 e. The van der Waals surface area contributed by atoms with Gasteiger partial charge in [0.1, 0.15) is 6.61 Å². The van der Waals surface area contributed by atoms with E-state index in [9.17, 15) is 4.79 Å². The summed E-state index contributed by atoms with van der Waals surface area (Å²) < 4.78 is 5.70. The summed E-state index contributed by atoms with van der Waals surface area (Å²) in [7, 11) is 0. The molecule has 0 atom stereocenters. The minimum Gasteiger partial charge on any atom is -0.480 e. The van der Waals surface area contributed by atoms with Crippen LogP contribution in [0.1, 0.15) is 38.5 Å². The van der Waals surface area contributed by atoms with E-state index in [-0.39, 0.29) is 12.2 Å². The highest BCUT2D eigenvalue weighted by atomic mass is 16.5. The molecule has 4 bridgehead atoms. The zero-order valence-electron chi connectivity index (χ0n) is 8.95. The van der Waals surface area contributed by atoms with E-state index < -0.39 is 5.97 Å². The van der Waals surface area contributed by atoms with Crippen LogP contribution in [0.2, 0.25) is 0 Å². The molecular formula is C12H18O3. The van der Waals surface area contributed by atoms with E-state index in [4.69, 9.17) is 9.84 Å². The van der Waals surface area contributed by atoms with E-state index in [1.807, 2.05) is 0 Å². The third-order valence-corrected chi connectivity index (χ3v) is 4.48. The quantitative estimate of drug-likeness (QED) is 0.775. The molecular weight excluding hydrogens is 192 g/mol. The van der Waals surface area contributed by atoms with Gasteiger partial charge in [-0.3, -0.25) is 0 Å². The van der Waals surface area contributed by atoms with E-state index in [1.54, 1.807) is 0 Å². The van der Waals surface area contributed by atoms with Gasteiger partial charge in [0.2, 0.25) is 0 Å². The van der Waals surface area contributed by atoms with Crippen LogP contribution in [0.4, 0.5) is 0 Å². The molecule has 15 heavy (non-hydrogen) atoms. The van der Waals surface area contributed by atoms with E-state index in [2.05, 4.69) is 0 Å². The van der Waals surface area contributed by atoms with Crippen LogP contribution >= 0.6 is 0 Å². The number of aliphatic carboxylic acids is 1. The minimum atomic E-state index is -0.828. The Balaban J connectivity index is 1.72. The maximum atomic E-state index is 10.6. The van der Waals surface area contributed by atoms with E-state index in [0.29, 0.717) is 0 Å². The Bertz CT molecular complexity index is 249. The summed E-state index contributed by atoms with van der Waals surface area (Å²) in [5.41, 5.74) is -0.0485. The zero-order valence-corrected chi connectivity index (χ0v) is 8.95. The number of carbonyl (C=O) groups is 1. The second-order valence-electron chi connectivity index (χ2n) is 5.78. The molecule has 0 unspecified atom stereocenters. The minimum absolute atomic E-state index is 0.0485. The van der Waals surface area contributed by atoms with Gasteiger partial charge in [0.25, 0.3) is 0 Å². The number of carboxylic acid groups (broad SMARTS) is 1. The van der Waals surface area contributed by atoms with Gasteiger partial charge in [-0.15, -0.1) is 0 Å². The summed E-state index contributed by atoms with van der Waals surface area (Å²) in [6, 6.07) is 0. The molecule has 4 fully saturated rings. The summed E-state index contributed by atoms with van der Waals surface area (Å²) in [4.78, 5) is 10.6. The van der Waals surface area contributed by atoms with Gasteiger partial charge < -0.3 is 9.84 Å². The fraction of sp³-hybridized carbons (Fsp3) is 0.917. The van der Waals surface area contributed by atoms with Crippen molar-refractivity contribution in [1.82, 2.24) is 0 Å². The zero-order chi connectivity index (χ0) is 10.5. The standard InChI is InChI=1S/C12H18O3/c13-11(14)7-15-12-4-8-1-9(5-12)3-10(2-8)6-12/h8-10H,1-7H2,(H,13,14). The monoisotopic (exact) mass is 210 g/mol. The number of hydrogen-bond donors (Lipinski definition) is 1. The fourth-order valence-electron chi connectivity index (χ4n) is 4.42. The number of carboxylic acids is 1. The van der Waals surface area contributed by atoms with Crippen molar-refractivity contribution in [1.29, 1.82) is 0 Å². The molecule has 3 nitrogen and oxygen atoms in total. The first-order valence-electron chi connectivity index (χ1n) is 6.01. The Kier molecular flexibility index (Phi) is 2.06. The van der Waals surface area contributed by atoms with Crippen LogP contribution in [0, 0.1) is 17.8 Å². The molecule has 0 aromatic rings. The van der Waals surface area contributed by atoms with Gasteiger partial charge in [0.05, 0.1) is 5.60 Å². The molecule has 84 valence electrons. The molecule has 1 N–H and O–H groups in total. The maximum absolute atomic E-state index is 10.6. The Hall–Kier alpha value is -0.570. The molecule has 0 aromatic carbocycles. The predicted octanol–water partition coefficient (Wildman–Crippen LogP) is 2.06. The van der Waals surface area contributed by atoms with Crippen molar-refractivity contribution in [3.8, 4) is 0 Å². The van der Waals surface area contributed by atoms with Crippen molar-refractivity contribution in [2.75, 3.05) is 6.61 Å². The largest absolute Gasteiger partial charge is 0.480 e. The summed E-state index contributed by atoms with van der Waals surface area (Å²) in [5, 5.41) is 8.69. The van der Waals surface area contributed by atoms with Crippen LogP contribution in [0.25, 0.3) is 0 Å². The van der Waals surface area contributed by atoms with Gasteiger partial charge in [-0.1, -0.05) is 0 Å². The fourth-order valence-corrected chi connectivity index (χ4v) is 4.42. The maximum Gasteiger partial charge on any atom is 0.329 e. The van der Waals surface area contributed by atoms with E-state index in [0.717, 1.165) is 37.0 Å². The highest BCUT2D eigenvalue weighted by molar-refractivity contribution is 5.68. The third-order valence-electron chi connectivity index (χ3n) is 4.48. The average molecular weight is 210 g/mol. The van der Waals surface area contributed by atoms with E-state index in [1.165, 1.54) is 19.3 Å². The molecule has 4 aliphatic rings. The third kappa shape index (κ3) is 1.67. The number of rotatable bonds is 3. The molecule has 0 heterocycles. The van der Waals surface area contributed by atoms with Gasteiger partial charge in [-0.05, 0) is 56.3 Å². The summed E-state index contributed by atoms with van der Waals surface area (Å²) >= 11 is 0. The van der Waals surface area contributed by atoms with Crippen LogP contribution in [0.5, 0.6) is 0 Å². The van der Waals surface area contributed by atoms with Crippen LogP contribution in [0.15, 0.2) is 0 Å². The second kappa shape index (κ2) is 3.21. The highest BCUT2D eigenvalue weighted by Gasteiger charge is 2.51. The van der Waals surface area contributed by atoms with Crippen molar-refractivity contribution >= 4 is 5.97 Å². The Morgan fingerprint density at radius 2 is 1.60 bits per heavy atom. The molecule has 0 aliphatic heterocycles. The summed E-state index contributed by atoms with van der Waals surface area (Å²) in [6.45, 7) is -0.105. The van der Waals surface area contributed by atoms with Crippen LogP contribution in [-0.4, -0.2) is 23.3 Å². The Morgan fingerprint density at radius 3 is 2.00 bits per heavy atom. The number of hydrogen-bond acceptors (Lipinski definition) is 2. The van der Waals surface area contributed by atoms with Gasteiger partial charge >= 0.3 is 5.97 Å². The van der Waals surface area contributed by atoms with Gasteiger partial charge in [0.15, 0.2) is 0 Å². The Labute approximate surface area is 89.8 Å². The second-order valence-corrected chi connectivity index (χ2v) is 5.78. The summed E-state index contributed by atoms with van der Waals surface area (Å²) in [6.07, 6.45) is 7.46. The lowest BCUT2D eigenvalue weighted by atomic mass is 9.54. The lowest BCUT2D eigenvalue weighted by molar-refractivity contribution is -0.178. The lowest BCUT2D eigenvalue weighted by Gasteiger charge is -2.56. The van der Waals surface area contributed by atoms with Crippen molar-refractivity contribution < 1.29 is 14.6 Å². The molecule has 0 amide bonds. The number of ether oxygens (including phenoxy) is 1. The van der Waals surface area contributed by atoms with Gasteiger partial charge in [-0.25, -0.2) is 4.79 Å². The average Bonchev–Trinajstić information content (AvgIpc) is 2.12. The molecule has 0 spiro atoms. The molecule has 4 aliphatic carbocycles. The van der Waals surface area contributed by atoms with Crippen molar-refractivity contribution in [3.63, 3.8) is 0 Å². The first-order valence-corrected chi connectivity index (χ1v) is 6.01. The Morgan fingerprint density at radius 1 is 1.13 bits per heavy atom. The van der Waals surface area contributed by atoms with Crippen LogP contribution < -0.4 is 0 Å². The van der Waals surface area contributed by atoms with Gasteiger partial charge in [0, 0.05) is 0 Å². The molecule has 3 heteroatoms. The van der Waals surface area contributed by atoms with Crippen LogP contribution in [-0.2, 0) is 9.53 Å². The molecule has 0 aromatic heterocycles. The lowest BCUT2D eigenvalue weighted by Crippen LogP contribution is -2.52. The molecule has 0 saturated heterocycles. The molecule has 4 rings (SSSR count). The first kappa shape index (κ1) is 9.64. The van der Waals surface area contributed by atoms with Crippen molar-refractivity contribution in [2.24, 2.45) is 17.8 Å². The predicted molar refractivity (Wildman–Crippen MR) is 54.5 cm³/mol. The first-order chi connectivity index (χ1) is 7.15. The van der Waals surface area contributed by atoms with E-state index >= 15 is 0 Å². The summed E-state index contributed by atoms with van der Waals surface area (Å²) in [5.74, 6) is 1.64. The normalized spacial score (nSPS) is 47.1. The topological polar surface area (TPSA) is 46.5 Å². The van der Waals surface area contributed by atoms with Gasteiger partial charge in [-0.2, -0.15) is 0 Å².